The number of rotatable bonds is 8. The number of allylic oxidation sites excluding steroid dienone is 1. The summed E-state index contributed by atoms with van der Waals surface area (Å²) < 4.78 is 55.6. The van der Waals surface area contributed by atoms with Gasteiger partial charge in [0.05, 0.1) is 24.4 Å². The standard InChI is InChI=1S/C26H26Cl2FN3O5S/c1-4-31-15-23(26(28)30-31)38(34,35)32-14-18(9-11-24(33)36-3)37-22-10-8-17(13-21(22)32)12-16(2)25-19(27)6-5-7-20(25)29/h5-8,10,12-13,15,18H,4,9,11,14H2,1-3H3. The number of aromatic nitrogens is 2. The fourth-order valence-corrected chi connectivity index (χ4v) is 6.47. The first-order valence-corrected chi connectivity index (χ1v) is 14.0. The zero-order valence-corrected chi connectivity index (χ0v) is 23.3. The normalized spacial score (nSPS) is 15.7. The molecule has 0 spiro atoms. The van der Waals surface area contributed by atoms with Crippen LogP contribution < -0.4 is 9.04 Å². The second-order valence-electron chi connectivity index (χ2n) is 8.68. The van der Waals surface area contributed by atoms with Crippen LogP contribution in [0.1, 0.15) is 37.8 Å². The van der Waals surface area contributed by atoms with E-state index in [0.29, 0.717) is 23.4 Å². The maximum Gasteiger partial charge on any atom is 0.305 e. The van der Waals surface area contributed by atoms with E-state index in [0.717, 1.165) is 0 Å². The van der Waals surface area contributed by atoms with Crippen molar-refractivity contribution >= 4 is 56.5 Å². The van der Waals surface area contributed by atoms with Gasteiger partial charge in [-0.1, -0.05) is 41.4 Å². The van der Waals surface area contributed by atoms with Crippen molar-refractivity contribution < 1.29 is 27.1 Å². The van der Waals surface area contributed by atoms with Crippen LogP contribution in [0.15, 0.2) is 47.5 Å². The minimum Gasteiger partial charge on any atom is -0.486 e. The van der Waals surface area contributed by atoms with Crippen LogP contribution in [0, 0.1) is 5.82 Å². The predicted molar refractivity (Wildman–Crippen MR) is 145 cm³/mol. The van der Waals surface area contributed by atoms with Crippen molar-refractivity contribution in [2.45, 2.75) is 44.2 Å². The van der Waals surface area contributed by atoms with E-state index in [1.807, 2.05) is 6.92 Å². The summed E-state index contributed by atoms with van der Waals surface area (Å²) in [6, 6.07) is 9.45. The Bertz CT molecular complexity index is 1490. The van der Waals surface area contributed by atoms with E-state index in [9.17, 15) is 17.6 Å². The van der Waals surface area contributed by atoms with E-state index in [1.54, 1.807) is 37.3 Å². The molecule has 2 aromatic carbocycles. The van der Waals surface area contributed by atoms with Crippen molar-refractivity contribution in [1.29, 1.82) is 0 Å². The number of aryl methyl sites for hydroxylation is 1. The fourth-order valence-electron chi connectivity index (χ4n) is 4.21. The fraction of sp³-hybridized carbons (Fsp3) is 0.308. The monoisotopic (exact) mass is 581 g/mol. The molecule has 12 heteroatoms. The van der Waals surface area contributed by atoms with Gasteiger partial charge in [-0.05, 0) is 55.7 Å². The highest BCUT2D eigenvalue weighted by atomic mass is 35.5. The van der Waals surface area contributed by atoms with Crippen LogP contribution in [-0.4, -0.2) is 43.9 Å². The molecule has 1 aliphatic rings. The van der Waals surface area contributed by atoms with Gasteiger partial charge in [0.2, 0.25) is 0 Å². The van der Waals surface area contributed by atoms with Crippen molar-refractivity contribution in [3.8, 4) is 5.75 Å². The minimum absolute atomic E-state index is 0.0579. The van der Waals surface area contributed by atoms with E-state index >= 15 is 0 Å². The summed E-state index contributed by atoms with van der Waals surface area (Å²) in [5.74, 6) is -0.580. The van der Waals surface area contributed by atoms with Crippen LogP contribution in [0.3, 0.4) is 0 Å². The van der Waals surface area contributed by atoms with Crippen LogP contribution in [-0.2, 0) is 26.1 Å². The van der Waals surface area contributed by atoms with E-state index < -0.39 is 27.9 Å². The number of nitrogens with zero attached hydrogens (tertiary/aromatic N) is 3. The van der Waals surface area contributed by atoms with Gasteiger partial charge in [0, 0.05) is 24.7 Å². The van der Waals surface area contributed by atoms with E-state index in [4.69, 9.17) is 32.7 Å². The number of fused-ring (bicyclic) bond motifs is 1. The average molecular weight is 582 g/mol. The molecular weight excluding hydrogens is 556 g/mol. The topological polar surface area (TPSA) is 90.7 Å². The molecule has 38 heavy (non-hydrogen) atoms. The number of anilines is 1. The molecule has 0 radical (unpaired) electrons. The third-order valence-corrected chi connectivity index (χ3v) is 8.62. The molecule has 1 unspecified atom stereocenters. The number of hydrogen-bond acceptors (Lipinski definition) is 6. The molecule has 3 aromatic rings. The second-order valence-corrected chi connectivity index (χ2v) is 11.3. The number of hydrogen-bond donors (Lipinski definition) is 0. The molecule has 0 fully saturated rings. The van der Waals surface area contributed by atoms with Gasteiger partial charge in [-0.15, -0.1) is 0 Å². The van der Waals surface area contributed by atoms with E-state index in [2.05, 4.69) is 5.10 Å². The molecule has 4 rings (SSSR count). The summed E-state index contributed by atoms with van der Waals surface area (Å²) in [7, 11) is -2.88. The van der Waals surface area contributed by atoms with Gasteiger partial charge in [0.25, 0.3) is 10.0 Å². The molecule has 0 saturated carbocycles. The molecule has 0 aliphatic carbocycles. The van der Waals surface area contributed by atoms with Gasteiger partial charge >= 0.3 is 5.97 Å². The summed E-state index contributed by atoms with van der Waals surface area (Å²) >= 11 is 12.4. The SMILES string of the molecule is CCn1cc(S(=O)(=O)N2CC(CCC(=O)OC)Oc3ccc(C=C(C)c4c(F)cccc4Cl)cc32)c(Cl)n1. The molecule has 0 N–H and O–H groups in total. The Kier molecular flexibility index (Phi) is 8.34. The lowest BCUT2D eigenvalue weighted by Gasteiger charge is -2.35. The van der Waals surface area contributed by atoms with Crippen molar-refractivity contribution in [2.75, 3.05) is 18.0 Å². The van der Waals surface area contributed by atoms with Crippen molar-refractivity contribution in [2.24, 2.45) is 0 Å². The molecule has 1 atom stereocenters. The largest absolute Gasteiger partial charge is 0.486 e. The third kappa shape index (κ3) is 5.67. The predicted octanol–water partition coefficient (Wildman–Crippen LogP) is 5.82. The maximum absolute atomic E-state index is 14.5. The van der Waals surface area contributed by atoms with Gasteiger partial charge < -0.3 is 9.47 Å². The first-order chi connectivity index (χ1) is 18.0. The Morgan fingerprint density at radius 3 is 2.71 bits per heavy atom. The van der Waals surface area contributed by atoms with Gasteiger partial charge in [-0.3, -0.25) is 13.8 Å². The average Bonchev–Trinajstić information content (AvgIpc) is 3.28. The third-order valence-electron chi connectivity index (χ3n) is 6.13. The molecule has 202 valence electrons. The first-order valence-electron chi connectivity index (χ1n) is 11.8. The Morgan fingerprint density at radius 2 is 2.05 bits per heavy atom. The molecule has 0 saturated heterocycles. The maximum atomic E-state index is 14.5. The molecule has 8 nitrogen and oxygen atoms in total. The lowest BCUT2D eigenvalue weighted by Crippen LogP contribution is -2.43. The van der Waals surface area contributed by atoms with Crippen LogP contribution in [0.2, 0.25) is 10.2 Å². The lowest BCUT2D eigenvalue weighted by atomic mass is 10.0. The van der Waals surface area contributed by atoms with Crippen molar-refractivity contribution in [3.05, 3.63) is 69.7 Å². The molecule has 1 aliphatic heterocycles. The number of sulfonamides is 1. The lowest BCUT2D eigenvalue weighted by molar-refractivity contribution is -0.141. The van der Waals surface area contributed by atoms with Crippen LogP contribution >= 0.6 is 23.2 Å². The number of carbonyl (C=O) groups is 1. The van der Waals surface area contributed by atoms with Gasteiger partial charge in [-0.2, -0.15) is 5.10 Å². The second kappa shape index (κ2) is 11.3. The van der Waals surface area contributed by atoms with Gasteiger partial charge in [0.1, 0.15) is 22.6 Å². The summed E-state index contributed by atoms with van der Waals surface area (Å²) in [5.41, 5.74) is 1.70. The molecular formula is C26H26Cl2FN3O5S. The summed E-state index contributed by atoms with van der Waals surface area (Å²) in [6.45, 7) is 3.90. The zero-order chi connectivity index (χ0) is 27.6. The highest BCUT2D eigenvalue weighted by molar-refractivity contribution is 7.93. The summed E-state index contributed by atoms with van der Waals surface area (Å²) in [4.78, 5) is 11.6. The summed E-state index contributed by atoms with van der Waals surface area (Å²) in [6.07, 6.45) is 2.77. The highest BCUT2D eigenvalue weighted by Gasteiger charge is 2.37. The summed E-state index contributed by atoms with van der Waals surface area (Å²) in [5, 5.41) is 4.19. The highest BCUT2D eigenvalue weighted by Crippen LogP contribution is 2.40. The number of carbonyl (C=O) groups excluding carboxylic acids is 1. The minimum atomic E-state index is -4.16. The molecule has 0 amide bonds. The quantitative estimate of drug-likeness (QED) is 0.246. The van der Waals surface area contributed by atoms with Crippen LogP contribution in [0.25, 0.3) is 11.6 Å². The Hall–Kier alpha value is -3.08. The Labute approximate surface area is 230 Å². The van der Waals surface area contributed by atoms with Gasteiger partial charge in [-0.25, -0.2) is 12.8 Å². The smallest absolute Gasteiger partial charge is 0.305 e. The van der Waals surface area contributed by atoms with Crippen LogP contribution in [0.5, 0.6) is 5.75 Å². The van der Waals surface area contributed by atoms with Crippen LogP contribution in [0.4, 0.5) is 10.1 Å². The Morgan fingerprint density at radius 1 is 1.29 bits per heavy atom. The number of methoxy groups -OCH3 is 1. The van der Waals surface area contributed by atoms with Crippen molar-refractivity contribution in [1.82, 2.24) is 9.78 Å². The first kappa shape index (κ1) is 27.9. The zero-order valence-electron chi connectivity index (χ0n) is 20.9. The molecule has 1 aromatic heterocycles. The molecule has 0 bridgehead atoms. The number of benzene rings is 2. The van der Waals surface area contributed by atoms with E-state index in [1.165, 1.54) is 34.4 Å². The number of ether oxygens (including phenoxy) is 2. The van der Waals surface area contributed by atoms with Gasteiger partial charge in [0.15, 0.2) is 5.15 Å². The van der Waals surface area contributed by atoms with E-state index in [-0.39, 0.29) is 45.7 Å². The molecule has 2 heterocycles. The van der Waals surface area contributed by atoms with Crippen molar-refractivity contribution in [3.63, 3.8) is 0 Å². The number of halogens is 3. The number of esters is 1. The Balaban J connectivity index is 1.78.